The van der Waals surface area contributed by atoms with Crippen LogP contribution in [0.2, 0.25) is 0 Å². The van der Waals surface area contributed by atoms with Crippen molar-refractivity contribution in [2.45, 2.75) is 71.3 Å². The Hall–Kier alpha value is -2.05. The molecule has 0 heterocycles. The van der Waals surface area contributed by atoms with Gasteiger partial charge in [-0.3, -0.25) is 9.59 Å². The Labute approximate surface area is 155 Å². The predicted molar refractivity (Wildman–Crippen MR) is 98.6 cm³/mol. The summed E-state index contributed by atoms with van der Waals surface area (Å²) in [5.74, 6) is -0.747. The summed E-state index contributed by atoms with van der Waals surface area (Å²) in [5.41, 5.74) is 0.843. The minimum Gasteiger partial charge on any atom is -0.456 e. The molecule has 1 aliphatic rings. The summed E-state index contributed by atoms with van der Waals surface area (Å²) in [7, 11) is 0. The van der Waals surface area contributed by atoms with Crippen LogP contribution in [0.4, 0.5) is 4.79 Å². The first-order chi connectivity index (χ1) is 12.3. The average Bonchev–Trinajstić information content (AvgIpc) is 2.56. The van der Waals surface area contributed by atoms with Gasteiger partial charge in [0.1, 0.15) is 5.60 Å². The van der Waals surface area contributed by atoms with Gasteiger partial charge in [0, 0.05) is 19.5 Å². The first-order valence-corrected chi connectivity index (χ1v) is 9.33. The lowest BCUT2D eigenvalue weighted by atomic mass is 9.97. The predicted octanol–water partition coefficient (Wildman–Crippen LogP) is 2.84. The Morgan fingerprint density at radius 1 is 1.12 bits per heavy atom. The van der Waals surface area contributed by atoms with Crippen LogP contribution in [0.3, 0.4) is 0 Å². The Morgan fingerprint density at radius 3 is 2.54 bits per heavy atom. The summed E-state index contributed by atoms with van der Waals surface area (Å²) in [6.45, 7) is 5.95. The molecular formula is C19H32N2O5. The second kappa shape index (κ2) is 11.5. The average molecular weight is 368 g/mol. The second-order valence-corrected chi connectivity index (χ2v) is 7.40. The van der Waals surface area contributed by atoms with Crippen LogP contribution in [-0.4, -0.2) is 43.3 Å². The first kappa shape index (κ1) is 22.0. The van der Waals surface area contributed by atoms with Gasteiger partial charge >= 0.3 is 12.1 Å². The van der Waals surface area contributed by atoms with E-state index >= 15 is 0 Å². The first-order valence-electron chi connectivity index (χ1n) is 9.33. The van der Waals surface area contributed by atoms with Gasteiger partial charge in [0.2, 0.25) is 0 Å². The highest BCUT2D eigenvalue weighted by atomic mass is 16.6. The van der Waals surface area contributed by atoms with E-state index in [1.165, 1.54) is 18.4 Å². The molecule has 0 aromatic rings. The van der Waals surface area contributed by atoms with Gasteiger partial charge in [-0.15, -0.1) is 0 Å². The number of carbonyl (C=O) groups excluding carboxylic acids is 3. The van der Waals surface area contributed by atoms with E-state index in [0.29, 0.717) is 19.5 Å². The largest absolute Gasteiger partial charge is 0.456 e. The van der Waals surface area contributed by atoms with E-state index in [1.807, 2.05) is 0 Å². The Bertz CT molecular complexity index is 509. The van der Waals surface area contributed by atoms with E-state index < -0.39 is 17.7 Å². The molecule has 7 nitrogen and oxygen atoms in total. The van der Waals surface area contributed by atoms with Gasteiger partial charge in [-0.25, -0.2) is 4.79 Å². The van der Waals surface area contributed by atoms with Crippen molar-refractivity contribution in [3.8, 4) is 0 Å². The van der Waals surface area contributed by atoms with Crippen LogP contribution in [0.25, 0.3) is 0 Å². The smallest absolute Gasteiger partial charge is 0.407 e. The topological polar surface area (TPSA) is 93.7 Å². The summed E-state index contributed by atoms with van der Waals surface area (Å²) < 4.78 is 10.0. The van der Waals surface area contributed by atoms with Crippen molar-refractivity contribution in [1.82, 2.24) is 10.6 Å². The molecule has 7 heteroatoms. The zero-order chi connectivity index (χ0) is 19.4. The maximum Gasteiger partial charge on any atom is 0.407 e. The molecule has 0 fully saturated rings. The standard InChI is InChI=1S/C19H32N2O5/c1-19(2,3)26-18(24)21-12-7-10-17(23)25-14-16(22)20-13-11-15-8-5-4-6-9-15/h8H,4-7,9-14H2,1-3H3,(H,20,22)(H,21,24). The summed E-state index contributed by atoms with van der Waals surface area (Å²) in [5, 5.41) is 5.32. The molecule has 0 aliphatic heterocycles. The minimum atomic E-state index is -0.552. The molecule has 0 bridgehead atoms. The maximum atomic E-state index is 11.7. The lowest BCUT2D eigenvalue weighted by Crippen LogP contribution is -2.33. The highest BCUT2D eigenvalue weighted by molar-refractivity contribution is 5.80. The molecule has 0 atom stereocenters. The molecule has 0 unspecified atom stereocenters. The molecule has 0 aromatic carbocycles. The number of carbonyl (C=O) groups is 3. The van der Waals surface area contributed by atoms with Crippen molar-refractivity contribution < 1.29 is 23.9 Å². The van der Waals surface area contributed by atoms with Crippen LogP contribution in [0, 0.1) is 0 Å². The zero-order valence-electron chi connectivity index (χ0n) is 16.2. The van der Waals surface area contributed by atoms with Crippen LogP contribution in [0.1, 0.15) is 65.7 Å². The highest BCUT2D eigenvalue weighted by Gasteiger charge is 2.15. The third kappa shape index (κ3) is 11.5. The minimum absolute atomic E-state index is 0.135. The molecule has 26 heavy (non-hydrogen) atoms. The Balaban J connectivity index is 2.02. The molecule has 0 saturated carbocycles. The fraction of sp³-hybridized carbons (Fsp3) is 0.737. The van der Waals surface area contributed by atoms with E-state index in [-0.39, 0.29) is 18.9 Å². The van der Waals surface area contributed by atoms with Crippen LogP contribution in [0.15, 0.2) is 11.6 Å². The number of amides is 2. The van der Waals surface area contributed by atoms with Gasteiger partial charge < -0.3 is 20.1 Å². The monoisotopic (exact) mass is 368 g/mol. The molecule has 0 radical (unpaired) electrons. The van der Waals surface area contributed by atoms with Gasteiger partial charge in [-0.2, -0.15) is 0 Å². The normalized spacial score (nSPS) is 14.2. The van der Waals surface area contributed by atoms with Crippen molar-refractivity contribution in [2.75, 3.05) is 19.7 Å². The van der Waals surface area contributed by atoms with E-state index in [2.05, 4.69) is 16.7 Å². The molecule has 148 valence electrons. The molecular weight excluding hydrogens is 336 g/mol. The number of allylic oxidation sites excluding steroid dienone is 1. The molecule has 1 rings (SSSR count). The van der Waals surface area contributed by atoms with Crippen molar-refractivity contribution in [3.63, 3.8) is 0 Å². The Morgan fingerprint density at radius 2 is 1.88 bits per heavy atom. The van der Waals surface area contributed by atoms with Gasteiger partial charge in [0.05, 0.1) is 0 Å². The van der Waals surface area contributed by atoms with E-state index in [1.54, 1.807) is 20.8 Å². The molecule has 0 aromatic heterocycles. The third-order valence-electron chi connectivity index (χ3n) is 3.74. The number of ether oxygens (including phenoxy) is 2. The lowest BCUT2D eigenvalue weighted by molar-refractivity contribution is -0.148. The molecule has 2 N–H and O–H groups in total. The fourth-order valence-electron chi connectivity index (χ4n) is 2.50. The third-order valence-corrected chi connectivity index (χ3v) is 3.74. The second-order valence-electron chi connectivity index (χ2n) is 7.40. The zero-order valence-corrected chi connectivity index (χ0v) is 16.2. The summed E-state index contributed by atoms with van der Waals surface area (Å²) in [6.07, 6.45) is 7.87. The molecule has 1 aliphatic carbocycles. The van der Waals surface area contributed by atoms with E-state index in [0.717, 1.165) is 19.3 Å². The van der Waals surface area contributed by atoms with Crippen molar-refractivity contribution in [1.29, 1.82) is 0 Å². The van der Waals surface area contributed by atoms with E-state index in [9.17, 15) is 14.4 Å². The number of hydrogen-bond acceptors (Lipinski definition) is 5. The highest BCUT2D eigenvalue weighted by Crippen LogP contribution is 2.19. The summed E-state index contributed by atoms with van der Waals surface area (Å²) in [4.78, 5) is 34.7. The van der Waals surface area contributed by atoms with Gasteiger partial charge in [0.15, 0.2) is 6.61 Å². The molecule has 0 saturated heterocycles. The molecule has 2 amide bonds. The van der Waals surface area contributed by atoms with Crippen molar-refractivity contribution >= 4 is 18.0 Å². The summed E-state index contributed by atoms with van der Waals surface area (Å²) >= 11 is 0. The van der Waals surface area contributed by atoms with Crippen LogP contribution >= 0.6 is 0 Å². The number of hydrogen-bond donors (Lipinski definition) is 2. The van der Waals surface area contributed by atoms with Gasteiger partial charge in [-0.05, 0) is 59.3 Å². The number of nitrogens with one attached hydrogen (secondary N) is 2. The summed E-state index contributed by atoms with van der Waals surface area (Å²) in [6, 6.07) is 0. The fourth-order valence-corrected chi connectivity index (χ4v) is 2.50. The van der Waals surface area contributed by atoms with Crippen LogP contribution in [0.5, 0.6) is 0 Å². The van der Waals surface area contributed by atoms with Crippen LogP contribution in [-0.2, 0) is 19.1 Å². The lowest BCUT2D eigenvalue weighted by Gasteiger charge is -2.19. The van der Waals surface area contributed by atoms with Gasteiger partial charge in [-0.1, -0.05) is 11.6 Å². The van der Waals surface area contributed by atoms with Crippen molar-refractivity contribution in [2.24, 2.45) is 0 Å². The number of alkyl carbamates (subject to hydrolysis) is 1. The number of rotatable bonds is 9. The van der Waals surface area contributed by atoms with Gasteiger partial charge in [0.25, 0.3) is 5.91 Å². The number of esters is 1. The molecule has 0 spiro atoms. The van der Waals surface area contributed by atoms with Crippen molar-refractivity contribution in [3.05, 3.63) is 11.6 Å². The quantitative estimate of drug-likeness (QED) is 0.371. The SMILES string of the molecule is CC(C)(C)OC(=O)NCCCC(=O)OCC(=O)NCCC1=CCCCC1. The van der Waals surface area contributed by atoms with Crippen LogP contribution < -0.4 is 10.6 Å². The van der Waals surface area contributed by atoms with E-state index in [4.69, 9.17) is 9.47 Å². The maximum absolute atomic E-state index is 11.7. The Kier molecular flexibility index (Phi) is 9.76.